The van der Waals surface area contributed by atoms with E-state index in [-0.39, 0.29) is 0 Å². The Morgan fingerprint density at radius 1 is 1.40 bits per heavy atom. The second-order valence-corrected chi connectivity index (χ2v) is 6.29. The van der Waals surface area contributed by atoms with Crippen molar-refractivity contribution >= 4 is 18.0 Å². The van der Waals surface area contributed by atoms with Gasteiger partial charge in [-0.1, -0.05) is 20.8 Å². The van der Waals surface area contributed by atoms with Crippen molar-refractivity contribution in [1.29, 1.82) is 0 Å². The number of nitrogens with zero attached hydrogens (tertiary/aromatic N) is 3. The number of hydrogen-bond acceptors (Lipinski definition) is 4. The quantitative estimate of drug-likeness (QED) is 0.858. The highest BCUT2D eigenvalue weighted by Gasteiger charge is 2.32. The minimum Gasteiger partial charge on any atom is -0.478 e. The van der Waals surface area contributed by atoms with Crippen LogP contribution in [0.15, 0.2) is 18.5 Å². The Bertz CT molecular complexity index is 503. The van der Waals surface area contributed by atoms with Crippen molar-refractivity contribution in [3.05, 3.63) is 24.0 Å². The normalized spacial score (nSPS) is 19.8. The molecule has 1 aromatic rings. The first-order valence-electron chi connectivity index (χ1n) is 6.84. The van der Waals surface area contributed by atoms with Gasteiger partial charge in [-0.3, -0.25) is 0 Å². The average molecular weight is 275 g/mol. The zero-order valence-corrected chi connectivity index (χ0v) is 12.2. The van der Waals surface area contributed by atoms with Gasteiger partial charge in [0.25, 0.3) is 0 Å². The van der Waals surface area contributed by atoms with Gasteiger partial charge >= 0.3 is 5.97 Å². The second kappa shape index (κ2) is 5.61. The molecule has 0 aliphatic carbocycles. The van der Waals surface area contributed by atoms with Gasteiger partial charge in [0.05, 0.1) is 0 Å². The van der Waals surface area contributed by atoms with Gasteiger partial charge < -0.3 is 10.0 Å². The van der Waals surface area contributed by atoms with Crippen molar-refractivity contribution < 1.29 is 9.90 Å². The van der Waals surface area contributed by atoms with Crippen LogP contribution in [-0.4, -0.2) is 34.1 Å². The first-order chi connectivity index (χ1) is 9.36. The molecule has 2 rings (SSSR count). The number of anilines is 1. The van der Waals surface area contributed by atoms with Crippen molar-refractivity contribution in [3.63, 3.8) is 0 Å². The summed E-state index contributed by atoms with van der Waals surface area (Å²) >= 11 is 0. The summed E-state index contributed by atoms with van der Waals surface area (Å²) in [5.41, 5.74) is 1.00. The Kier molecular flexibility index (Phi) is 4.06. The molecule has 0 bridgehead atoms. The van der Waals surface area contributed by atoms with Gasteiger partial charge in [-0.15, -0.1) is 0 Å². The molecule has 0 aromatic carbocycles. The summed E-state index contributed by atoms with van der Waals surface area (Å²) in [6, 6.07) is 0. The van der Waals surface area contributed by atoms with Crippen LogP contribution in [0, 0.1) is 11.3 Å². The summed E-state index contributed by atoms with van der Waals surface area (Å²) < 4.78 is 0. The van der Waals surface area contributed by atoms with Gasteiger partial charge in [0.15, 0.2) is 0 Å². The molecule has 1 aliphatic rings. The van der Waals surface area contributed by atoms with E-state index in [1.54, 1.807) is 12.4 Å². The van der Waals surface area contributed by atoms with E-state index in [1.165, 1.54) is 6.08 Å². The summed E-state index contributed by atoms with van der Waals surface area (Å²) in [7, 11) is 0. The standard InChI is InChI=1S/C15H21N3O2/c1-15(2,3)12-6-7-18(10-12)14-16-8-11(9-17-14)4-5-13(19)20/h4-5,8-9,12H,6-7,10H2,1-3H3,(H,19,20)/b5-4+. The van der Waals surface area contributed by atoms with Crippen LogP contribution in [0.2, 0.25) is 0 Å². The maximum absolute atomic E-state index is 10.4. The summed E-state index contributed by atoms with van der Waals surface area (Å²) in [5.74, 6) is 0.406. The molecule has 0 radical (unpaired) electrons. The van der Waals surface area contributed by atoms with Crippen LogP contribution < -0.4 is 4.90 Å². The summed E-state index contributed by atoms with van der Waals surface area (Å²) in [4.78, 5) is 21.3. The SMILES string of the molecule is CC(C)(C)C1CCN(c2ncc(/C=C/C(=O)O)cn2)C1. The minimum atomic E-state index is -0.971. The van der Waals surface area contributed by atoms with Crippen LogP contribution in [0.25, 0.3) is 6.08 Å². The first kappa shape index (κ1) is 14.5. The van der Waals surface area contributed by atoms with E-state index < -0.39 is 5.97 Å². The van der Waals surface area contributed by atoms with Crippen LogP contribution >= 0.6 is 0 Å². The monoisotopic (exact) mass is 275 g/mol. The molecule has 1 saturated heterocycles. The molecular formula is C15H21N3O2. The maximum atomic E-state index is 10.4. The molecule has 108 valence electrons. The predicted molar refractivity (Wildman–Crippen MR) is 78.5 cm³/mol. The number of carbonyl (C=O) groups is 1. The number of rotatable bonds is 3. The number of aromatic nitrogens is 2. The number of carboxylic acids is 1. The Morgan fingerprint density at radius 2 is 2.05 bits per heavy atom. The van der Waals surface area contributed by atoms with Crippen LogP contribution in [0.3, 0.4) is 0 Å². The number of aliphatic carboxylic acids is 1. The van der Waals surface area contributed by atoms with Gasteiger partial charge in [0.2, 0.25) is 5.95 Å². The fourth-order valence-corrected chi connectivity index (χ4v) is 2.40. The molecule has 0 spiro atoms. The fraction of sp³-hybridized carbons (Fsp3) is 0.533. The first-order valence-corrected chi connectivity index (χ1v) is 6.84. The average Bonchev–Trinajstić information content (AvgIpc) is 2.86. The molecule has 1 fully saturated rings. The molecule has 5 heteroatoms. The van der Waals surface area contributed by atoms with Crippen LogP contribution in [0.1, 0.15) is 32.8 Å². The van der Waals surface area contributed by atoms with E-state index in [0.29, 0.717) is 16.9 Å². The smallest absolute Gasteiger partial charge is 0.328 e. The largest absolute Gasteiger partial charge is 0.478 e. The van der Waals surface area contributed by atoms with Crippen molar-refractivity contribution in [2.45, 2.75) is 27.2 Å². The highest BCUT2D eigenvalue weighted by atomic mass is 16.4. The van der Waals surface area contributed by atoms with E-state index >= 15 is 0 Å². The number of carboxylic acid groups (broad SMARTS) is 1. The lowest BCUT2D eigenvalue weighted by atomic mass is 9.80. The molecule has 1 atom stereocenters. The summed E-state index contributed by atoms with van der Waals surface area (Å²) in [6.07, 6.45) is 7.06. The van der Waals surface area contributed by atoms with E-state index in [9.17, 15) is 4.79 Å². The molecule has 0 saturated carbocycles. The minimum absolute atomic E-state index is 0.304. The van der Waals surface area contributed by atoms with Crippen LogP contribution in [0.4, 0.5) is 5.95 Å². The molecule has 1 unspecified atom stereocenters. The zero-order chi connectivity index (χ0) is 14.8. The Hall–Kier alpha value is -1.91. The highest BCUT2D eigenvalue weighted by molar-refractivity contribution is 5.85. The molecule has 20 heavy (non-hydrogen) atoms. The van der Waals surface area contributed by atoms with E-state index in [1.807, 2.05) is 0 Å². The van der Waals surface area contributed by atoms with Crippen molar-refractivity contribution in [2.24, 2.45) is 11.3 Å². The lowest BCUT2D eigenvalue weighted by Gasteiger charge is -2.26. The zero-order valence-electron chi connectivity index (χ0n) is 12.2. The van der Waals surface area contributed by atoms with Gasteiger partial charge in [0, 0.05) is 37.1 Å². The Morgan fingerprint density at radius 3 is 2.55 bits per heavy atom. The van der Waals surface area contributed by atoms with E-state index in [0.717, 1.165) is 31.5 Å². The van der Waals surface area contributed by atoms with Crippen LogP contribution in [-0.2, 0) is 4.79 Å². The van der Waals surface area contributed by atoms with Crippen molar-refractivity contribution in [3.8, 4) is 0 Å². The summed E-state index contributed by atoms with van der Waals surface area (Å²) in [6.45, 7) is 8.76. The molecule has 1 N–H and O–H groups in total. The Labute approximate surface area is 119 Å². The van der Waals surface area contributed by atoms with Gasteiger partial charge in [-0.2, -0.15) is 0 Å². The maximum Gasteiger partial charge on any atom is 0.328 e. The van der Waals surface area contributed by atoms with Crippen molar-refractivity contribution in [2.75, 3.05) is 18.0 Å². The third-order valence-electron chi connectivity index (χ3n) is 3.77. The molecule has 5 nitrogen and oxygen atoms in total. The fourth-order valence-electron chi connectivity index (χ4n) is 2.40. The molecular weight excluding hydrogens is 254 g/mol. The number of hydrogen-bond donors (Lipinski definition) is 1. The lowest BCUT2D eigenvalue weighted by molar-refractivity contribution is -0.131. The highest BCUT2D eigenvalue weighted by Crippen LogP contribution is 2.34. The van der Waals surface area contributed by atoms with Crippen molar-refractivity contribution in [1.82, 2.24) is 9.97 Å². The molecule has 1 aromatic heterocycles. The molecule has 2 heterocycles. The van der Waals surface area contributed by atoms with Gasteiger partial charge in [0.1, 0.15) is 0 Å². The third kappa shape index (κ3) is 3.56. The molecule has 1 aliphatic heterocycles. The van der Waals surface area contributed by atoms with Gasteiger partial charge in [-0.05, 0) is 23.8 Å². The topological polar surface area (TPSA) is 66.3 Å². The van der Waals surface area contributed by atoms with E-state index in [4.69, 9.17) is 5.11 Å². The lowest BCUT2D eigenvalue weighted by Crippen LogP contribution is -2.26. The predicted octanol–water partition coefficient (Wildman–Crippen LogP) is 2.45. The van der Waals surface area contributed by atoms with Gasteiger partial charge in [-0.25, -0.2) is 14.8 Å². The second-order valence-electron chi connectivity index (χ2n) is 6.29. The Balaban J connectivity index is 2.03. The molecule has 0 amide bonds. The van der Waals surface area contributed by atoms with E-state index in [2.05, 4.69) is 35.6 Å². The summed E-state index contributed by atoms with van der Waals surface area (Å²) in [5, 5.41) is 8.57. The van der Waals surface area contributed by atoms with Crippen LogP contribution in [0.5, 0.6) is 0 Å². The third-order valence-corrected chi connectivity index (χ3v) is 3.77.